The number of halogens is 1. The van der Waals surface area contributed by atoms with Crippen molar-refractivity contribution in [3.05, 3.63) is 58.6 Å². The van der Waals surface area contributed by atoms with Crippen molar-refractivity contribution in [3.63, 3.8) is 0 Å². The molecule has 1 saturated heterocycles. The number of methoxy groups -OCH3 is 1. The molecule has 1 amide bonds. The highest BCUT2D eigenvalue weighted by atomic mass is 35.5. The van der Waals surface area contributed by atoms with E-state index in [1.54, 1.807) is 13.2 Å². The molecule has 30 heavy (non-hydrogen) atoms. The minimum atomic E-state index is 0.0389. The van der Waals surface area contributed by atoms with E-state index in [-0.39, 0.29) is 5.91 Å². The molecule has 1 heterocycles. The van der Waals surface area contributed by atoms with Gasteiger partial charge in [0.1, 0.15) is 0 Å². The maximum atomic E-state index is 13.1. The Bertz CT molecular complexity index is 839. The van der Waals surface area contributed by atoms with Crippen molar-refractivity contribution in [1.29, 1.82) is 0 Å². The summed E-state index contributed by atoms with van der Waals surface area (Å²) in [5.74, 6) is 1.73. The SMILES string of the molecule is COc1cc(C(=O)N2CCCN(Cc3ccc(Cl)cc3)CC2)ccc1OCC(C)C. The fraction of sp³-hybridized carbons (Fsp3) is 0.458. The van der Waals surface area contributed by atoms with E-state index in [1.807, 2.05) is 29.2 Å². The summed E-state index contributed by atoms with van der Waals surface area (Å²) in [6.07, 6.45) is 0.950. The molecule has 1 fully saturated rings. The van der Waals surface area contributed by atoms with Crippen molar-refractivity contribution < 1.29 is 14.3 Å². The molecule has 1 aliphatic rings. The van der Waals surface area contributed by atoms with Crippen molar-refractivity contribution >= 4 is 17.5 Å². The lowest BCUT2D eigenvalue weighted by Crippen LogP contribution is -2.35. The average Bonchev–Trinajstić information content (AvgIpc) is 2.98. The van der Waals surface area contributed by atoms with Crippen LogP contribution in [0.5, 0.6) is 11.5 Å². The molecule has 0 saturated carbocycles. The maximum absolute atomic E-state index is 13.1. The van der Waals surface area contributed by atoms with Gasteiger partial charge in [0.2, 0.25) is 0 Å². The minimum absolute atomic E-state index is 0.0389. The van der Waals surface area contributed by atoms with E-state index in [9.17, 15) is 4.79 Å². The summed E-state index contributed by atoms with van der Waals surface area (Å²) in [5.41, 5.74) is 1.87. The van der Waals surface area contributed by atoms with E-state index in [0.29, 0.717) is 36.1 Å². The summed E-state index contributed by atoms with van der Waals surface area (Å²) in [6, 6.07) is 13.4. The number of nitrogens with zero attached hydrogens (tertiary/aromatic N) is 2. The van der Waals surface area contributed by atoms with Crippen molar-refractivity contribution in [2.45, 2.75) is 26.8 Å². The summed E-state index contributed by atoms with van der Waals surface area (Å²) in [6.45, 7) is 8.96. The molecular formula is C24H31ClN2O3. The molecule has 6 heteroatoms. The standard InChI is InChI=1S/C24H31ClN2O3/c1-18(2)17-30-22-10-7-20(15-23(22)29-3)24(28)27-12-4-11-26(13-14-27)16-19-5-8-21(25)9-6-19/h5-10,15,18H,4,11-14,16-17H2,1-3H3. The van der Waals surface area contributed by atoms with Gasteiger partial charge < -0.3 is 14.4 Å². The fourth-order valence-electron chi connectivity index (χ4n) is 3.54. The van der Waals surface area contributed by atoms with Crippen molar-refractivity contribution in [1.82, 2.24) is 9.80 Å². The van der Waals surface area contributed by atoms with Crippen LogP contribution in [0.2, 0.25) is 5.02 Å². The lowest BCUT2D eigenvalue weighted by Gasteiger charge is -2.22. The van der Waals surface area contributed by atoms with Gasteiger partial charge in [0, 0.05) is 43.3 Å². The van der Waals surface area contributed by atoms with Crippen LogP contribution in [0.15, 0.2) is 42.5 Å². The van der Waals surface area contributed by atoms with E-state index in [4.69, 9.17) is 21.1 Å². The molecule has 0 N–H and O–H groups in total. The third kappa shape index (κ3) is 6.13. The summed E-state index contributed by atoms with van der Waals surface area (Å²) in [5, 5.41) is 0.752. The van der Waals surface area contributed by atoms with Crippen LogP contribution in [0.1, 0.15) is 36.2 Å². The summed E-state index contributed by atoms with van der Waals surface area (Å²) in [4.78, 5) is 17.4. The molecule has 2 aromatic carbocycles. The van der Waals surface area contributed by atoms with E-state index in [2.05, 4.69) is 30.9 Å². The zero-order chi connectivity index (χ0) is 21.5. The predicted molar refractivity (Wildman–Crippen MR) is 121 cm³/mol. The Morgan fingerprint density at radius 3 is 2.50 bits per heavy atom. The first kappa shape index (κ1) is 22.4. The zero-order valence-electron chi connectivity index (χ0n) is 18.1. The molecule has 3 rings (SSSR count). The summed E-state index contributed by atoms with van der Waals surface area (Å²) in [7, 11) is 1.60. The van der Waals surface area contributed by atoms with Gasteiger partial charge in [0.05, 0.1) is 13.7 Å². The summed E-state index contributed by atoms with van der Waals surface area (Å²) >= 11 is 5.98. The van der Waals surface area contributed by atoms with E-state index >= 15 is 0 Å². The van der Waals surface area contributed by atoms with Crippen LogP contribution in [-0.4, -0.2) is 55.6 Å². The number of carbonyl (C=O) groups is 1. The first-order valence-corrected chi connectivity index (χ1v) is 10.9. The van der Waals surface area contributed by atoms with Crippen LogP contribution < -0.4 is 9.47 Å². The zero-order valence-corrected chi connectivity index (χ0v) is 18.8. The third-order valence-electron chi connectivity index (χ3n) is 5.18. The number of hydrogen-bond acceptors (Lipinski definition) is 4. The monoisotopic (exact) mass is 430 g/mol. The van der Waals surface area contributed by atoms with Gasteiger partial charge in [-0.1, -0.05) is 37.6 Å². The van der Waals surface area contributed by atoms with E-state index < -0.39 is 0 Å². The Balaban J connectivity index is 1.61. The minimum Gasteiger partial charge on any atom is -0.493 e. The number of ether oxygens (including phenoxy) is 2. The molecule has 162 valence electrons. The van der Waals surface area contributed by atoms with Gasteiger partial charge in [-0.25, -0.2) is 0 Å². The van der Waals surface area contributed by atoms with Crippen molar-refractivity contribution in [2.24, 2.45) is 5.92 Å². The van der Waals surface area contributed by atoms with Crippen LogP contribution in [0, 0.1) is 5.92 Å². The highest BCUT2D eigenvalue weighted by Crippen LogP contribution is 2.29. The van der Waals surface area contributed by atoms with Gasteiger partial charge in [-0.3, -0.25) is 9.69 Å². The van der Waals surface area contributed by atoms with Crippen molar-refractivity contribution in [3.8, 4) is 11.5 Å². The molecule has 2 aromatic rings. The molecule has 0 aromatic heterocycles. The Morgan fingerprint density at radius 2 is 1.80 bits per heavy atom. The normalized spacial score (nSPS) is 15.2. The largest absolute Gasteiger partial charge is 0.493 e. The van der Waals surface area contributed by atoms with Crippen LogP contribution in [-0.2, 0) is 6.54 Å². The first-order chi connectivity index (χ1) is 14.5. The smallest absolute Gasteiger partial charge is 0.254 e. The Hall–Kier alpha value is -2.24. The molecule has 0 aliphatic carbocycles. The number of rotatable bonds is 7. The number of carbonyl (C=O) groups excluding carboxylic acids is 1. The lowest BCUT2D eigenvalue weighted by molar-refractivity contribution is 0.0760. The number of amides is 1. The van der Waals surface area contributed by atoms with Crippen LogP contribution in [0.25, 0.3) is 0 Å². The second kappa shape index (κ2) is 10.7. The average molecular weight is 431 g/mol. The molecule has 1 aliphatic heterocycles. The number of benzene rings is 2. The molecule has 0 radical (unpaired) electrons. The second-order valence-corrected chi connectivity index (χ2v) is 8.56. The second-order valence-electron chi connectivity index (χ2n) is 8.12. The molecule has 0 unspecified atom stereocenters. The number of hydrogen-bond donors (Lipinski definition) is 0. The van der Waals surface area contributed by atoms with E-state index in [1.165, 1.54) is 5.56 Å². The van der Waals surface area contributed by atoms with Gasteiger partial charge in [-0.05, 0) is 48.2 Å². The van der Waals surface area contributed by atoms with Crippen LogP contribution >= 0.6 is 11.6 Å². The highest BCUT2D eigenvalue weighted by molar-refractivity contribution is 6.30. The lowest BCUT2D eigenvalue weighted by atomic mass is 10.1. The third-order valence-corrected chi connectivity index (χ3v) is 5.43. The Morgan fingerprint density at radius 1 is 1.03 bits per heavy atom. The molecule has 0 bridgehead atoms. The van der Waals surface area contributed by atoms with Crippen molar-refractivity contribution in [2.75, 3.05) is 39.9 Å². The van der Waals surface area contributed by atoms with Crippen LogP contribution in [0.3, 0.4) is 0 Å². The van der Waals surface area contributed by atoms with Gasteiger partial charge in [0.15, 0.2) is 11.5 Å². The predicted octanol–water partition coefficient (Wildman–Crippen LogP) is 4.73. The highest BCUT2D eigenvalue weighted by Gasteiger charge is 2.21. The molecule has 0 atom stereocenters. The maximum Gasteiger partial charge on any atom is 0.254 e. The fourth-order valence-corrected chi connectivity index (χ4v) is 3.67. The molecule has 5 nitrogen and oxygen atoms in total. The Labute approximate surface area is 184 Å². The quantitative estimate of drug-likeness (QED) is 0.636. The summed E-state index contributed by atoms with van der Waals surface area (Å²) < 4.78 is 11.3. The topological polar surface area (TPSA) is 42.0 Å². The molecular weight excluding hydrogens is 400 g/mol. The van der Waals surface area contributed by atoms with Crippen LogP contribution in [0.4, 0.5) is 0 Å². The van der Waals surface area contributed by atoms with E-state index in [0.717, 1.165) is 37.6 Å². The van der Waals surface area contributed by atoms with Gasteiger partial charge in [-0.2, -0.15) is 0 Å². The first-order valence-electron chi connectivity index (χ1n) is 10.5. The molecule has 0 spiro atoms. The van der Waals surface area contributed by atoms with Gasteiger partial charge in [-0.15, -0.1) is 0 Å². The van der Waals surface area contributed by atoms with Gasteiger partial charge >= 0.3 is 0 Å². The Kier molecular flexibility index (Phi) is 8.00. The van der Waals surface area contributed by atoms with Gasteiger partial charge in [0.25, 0.3) is 5.91 Å².